The highest BCUT2D eigenvalue weighted by atomic mass is 16.5. The number of hydrogen-bond acceptors (Lipinski definition) is 4. The van der Waals surface area contributed by atoms with E-state index in [1.807, 2.05) is 36.5 Å². The minimum Gasteiger partial charge on any atom is -0.497 e. The molecule has 6 nitrogen and oxygen atoms in total. The smallest absolute Gasteiger partial charge is 0.223 e. The van der Waals surface area contributed by atoms with E-state index >= 15 is 0 Å². The summed E-state index contributed by atoms with van der Waals surface area (Å²) < 4.78 is 7.47. The van der Waals surface area contributed by atoms with Gasteiger partial charge < -0.3 is 19.5 Å². The van der Waals surface area contributed by atoms with Crippen LogP contribution in [0.4, 0.5) is 5.82 Å². The van der Waals surface area contributed by atoms with Crippen molar-refractivity contribution in [1.82, 2.24) is 14.9 Å². The van der Waals surface area contributed by atoms with Crippen LogP contribution in [0, 0.1) is 5.92 Å². The molecular formula is C28H30N4O2. The number of rotatable bonds is 7. The standard InChI is InChI=1S/C28H30N4O2/c1-34-24-9-7-21(8-10-24)19-30-28(33)23-12-16-31(17-13-23)27-25-14-18-32(26(25)11-15-29-27)20-22-5-3-2-4-6-22/h2-11,14-15,18,23H,12-13,16-17,19-20H2,1H3,(H,30,33). The Kier molecular flexibility index (Phi) is 6.47. The van der Waals surface area contributed by atoms with Crippen molar-refractivity contribution < 1.29 is 9.53 Å². The summed E-state index contributed by atoms with van der Waals surface area (Å²) in [7, 11) is 1.65. The van der Waals surface area contributed by atoms with E-state index in [9.17, 15) is 4.79 Å². The number of carbonyl (C=O) groups excluding carboxylic acids is 1. The number of amides is 1. The lowest BCUT2D eigenvalue weighted by Crippen LogP contribution is -2.40. The lowest BCUT2D eigenvalue weighted by Gasteiger charge is -2.32. The van der Waals surface area contributed by atoms with E-state index in [-0.39, 0.29) is 11.8 Å². The van der Waals surface area contributed by atoms with Gasteiger partial charge in [0, 0.05) is 49.9 Å². The highest BCUT2D eigenvalue weighted by molar-refractivity contribution is 5.91. The number of hydrogen-bond donors (Lipinski definition) is 1. The molecule has 1 aliphatic rings. The molecule has 1 aliphatic heterocycles. The van der Waals surface area contributed by atoms with Crippen molar-refractivity contribution in [3.8, 4) is 5.75 Å². The molecule has 0 bridgehead atoms. The van der Waals surface area contributed by atoms with Crippen LogP contribution in [0.15, 0.2) is 79.1 Å². The fraction of sp³-hybridized carbons (Fsp3) is 0.286. The first kappa shape index (κ1) is 22.0. The first-order valence-corrected chi connectivity index (χ1v) is 11.8. The molecule has 6 heteroatoms. The van der Waals surface area contributed by atoms with E-state index in [0.29, 0.717) is 6.54 Å². The molecule has 4 aromatic rings. The minimum atomic E-state index is 0.0383. The number of anilines is 1. The van der Waals surface area contributed by atoms with Crippen LogP contribution in [0.25, 0.3) is 10.9 Å². The Morgan fingerprint density at radius 3 is 2.50 bits per heavy atom. The second-order valence-corrected chi connectivity index (χ2v) is 8.82. The number of fused-ring (bicyclic) bond motifs is 1. The Labute approximate surface area is 200 Å². The molecule has 0 spiro atoms. The summed E-state index contributed by atoms with van der Waals surface area (Å²) in [6, 6.07) is 22.5. The molecule has 1 saturated heterocycles. The van der Waals surface area contributed by atoms with Crippen LogP contribution >= 0.6 is 0 Å². The van der Waals surface area contributed by atoms with Gasteiger partial charge in [0.15, 0.2) is 0 Å². The molecule has 2 aromatic carbocycles. The lowest BCUT2D eigenvalue weighted by atomic mass is 9.95. The highest BCUT2D eigenvalue weighted by Crippen LogP contribution is 2.29. The van der Waals surface area contributed by atoms with Crippen LogP contribution in [0.5, 0.6) is 5.75 Å². The number of nitrogens with zero attached hydrogens (tertiary/aromatic N) is 3. The fourth-order valence-corrected chi connectivity index (χ4v) is 4.71. The lowest BCUT2D eigenvalue weighted by molar-refractivity contribution is -0.125. The minimum absolute atomic E-state index is 0.0383. The van der Waals surface area contributed by atoms with Gasteiger partial charge in [0.2, 0.25) is 5.91 Å². The van der Waals surface area contributed by atoms with Gasteiger partial charge in [-0.15, -0.1) is 0 Å². The Bertz CT molecular complexity index is 1240. The molecule has 1 N–H and O–H groups in total. The number of pyridine rings is 1. The molecule has 0 saturated carbocycles. The van der Waals surface area contributed by atoms with Crippen LogP contribution in [0.2, 0.25) is 0 Å². The number of methoxy groups -OCH3 is 1. The third kappa shape index (κ3) is 4.76. The summed E-state index contributed by atoms with van der Waals surface area (Å²) in [5.41, 5.74) is 3.54. The van der Waals surface area contributed by atoms with Crippen LogP contribution < -0.4 is 15.0 Å². The molecule has 0 radical (unpaired) electrons. The maximum atomic E-state index is 12.8. The summed E-state index contributed by atoms with van der Waals surface area (Å²) in [4.78, 5) is 19.8. The summed E-state index contributed by atoms with van der Waals surface area (Å²) in [6.45, 7) is 3.04. The molecule has 1 fully saturated rings. The Morgan fingerprint density at radius 2 is 1.76 bits per heavy atom. The van der Waals surface area contributed by atoms with Crippen molar-refractivity contribution in [1.29, 1.82) is 0 Å². The monoisotopic (exact) mass is 454 g/mol. The first-order chi connectivity index (χ1) is 16.7. The quantitative estimate of drug-likeness (QED) is 0.443. The van der Waals surface area contributed by atoms with Gasteiger partial charge in [-0.3, -0.25) is 4.79 Å². The van der Waals surface area contributed by atoms with Gasteiger partial charge in [-0.25, -0.2) is 4.98 Å². The second-order valence-electron chi connectivity index (χ2n) is 8.82. The van der Waals surface area contributed by atoms with Crippen LogP contribution in [0.3, 0.4) is 0 Å². The predicted molar refractivity (Wildman–Crippen MR) is 135 cm³/mol. The van der Waals surface area contributed by atoms with Crippen LogP contribution in [0.1, 0.15) is 24.0 Å². The molecule has 174 valence electrons. The summed E-state index contributed by atoms with van der Waals surface area (Å²) in [6.07, 6.45) is 5.70. The maximum Gasteiger partial charge on any atom is 0.223 e. The van der Waals surface area contributed by atoms with Gasteiger partial charge in [-0.1, -0.05) is 42.5 Å². The van der Waals surface area contributed by atoms with Gasteiger partial charge in [0.25, 0.3) is 0 Å². The topological polar surface area (TPSA) is 59.4 Å². The average Bonchev–Trinajstić information content (AvgIpc) is 3.31. The molecule has 0 aliphatic carbocycles. The molecule has 0 atom stereocenters. The van der Waals surface area contributed by atoms with Crippen molar-refractivity contribution in [3.05, 3.63) is 90.3 Å². The average molecular weight is 455 g/mol. The van der Waals surface area contributed by atoms with Crippen molar-refractivity contribution in [3.63, 3.8) is 0 Å². The van der Waals surface area contributed by atoms with Crippen molar-refractivity contribution in [2.45, 2.75) is 25.9 Å². The number of aromatic nitrogens is 2. The molecular weight excluding hydrogens is 424 g/mol. The zero-order valence-corrected chi connectivity index (χ0v) is 19.5. The second kappa shape index (κ2) is 10.00. The van der Waals surface area contributed by atoms with E-state index in [1.165, 1.54) is 16.5 Å². The zero-order valence-electron chi connectivity index (χ0n) is 19.5. The van der Waals surface area contributed by atoms with E-state index in [4.69, 9.17) is 9.72 Å². The van der Waals surface area contributed by atoms with Gasteiger partial charge in [-0.2, -0.15) is 0 Å². The molecule has 5 rings (SSSR count). The third-order valence-electron chi connectivity index (χ3n) is 6.66. The molecule has 34 heavy (non-hydrogen) atoms. The maximum absolute atomic E-state index is 12.8. The highest BCUT2D eigenvalue weighted by Gasteiger charge is 2.26. The number of benzene rings is 2. The van der Waals surface area contributed by atoms with Gasteiger partial charge >= 0.3 is 0 Å². The Morgan fingerprint density at radius 1 is 1.00 bits per heavy atom. The van der Waals surface area contributed by atoms with Gasteiger partial charge in [-0.05, 0) is 48.2 Å². The summed E-state index contributed by atoms with van der Waals surface area (Å²) >= 11 is 0. The number of carbonyl (C=O) groups is 1. The van der Waals surface area contributed by atoms with Crippen molar-refractivity contribution >= 4 is 22.6 Å². The van der Waals surface area contributed by atoms with Crippen molar-refractivity contribution in [2.75, 3.05) is 25.1 Å². The normalized spacial score (nSPS) is 14.3. The molecule has 0 unspecified atom stereocenters. The van der Waals surface area contributed by atoms with Crippen molar-refractivity contribution in [2.24, 2.45) is 5.92 Å². The summed E-state index contributed by atoms with van der Waals surface area (Å²) in [5.74, 6) is 2.01. The number of ether oxygens (including phenoxy) is 1. The Balaban J connectivity index is 1.20. The van der Waals surface area contributed by atoms with E-state index in [2.05, 4.69) is 57.4 Å². The Hall–Kier alpha value is -3.80. The van der Waals surface area contributed by atoms with E-state index in [0.717, 1.165) is 49.6 Å². The fourth-order valence-electron chi connectivity index (χ4n) is 4.71. The number of piperidine rings is 1. The van der Waals surface area contributed by atoms with Gasteiger partial charge in [0.1, 0.15) is 11.6 Å². The van der Waals surface area contributed by atoms with E-state index in [1.54, 1.807) is 7.11 Å². The predicted octanol–water partition coefficient (Wildman–Crippen LogP) is 4.63. The number of nitrogens with one attached hydrogen (secondary N) is 1. The first-order valence-electron chi connectivity index (χ1n) is 11.8. The van der Waals surface area contributed by atoms with Gasteiger partial charge in [0.05, 0.1) is 12.6 Å². The SMILES string of the molecule is COc1ccc(CNC(=O)C2CCN(c3nccc4c3ccn4Cc3ccccc3)CC2)cc1. The van der Waals surface area contributed by atoms with Crippen LogP contribution in [-0.4, -0.2) is 35.7 Å². The summed E-state index contributed by atoms with van der Waals surface area (Å²) in [5, 5.41) is 4.27. The third-order valence-corrected chi connectivity index (χ3v) is 6.66. The van der Waals surface area contributed by atoms with Crippen LogP contribution in [-0.2, 0) is 17.9 Å². The zero-order chi connectivity index (χ0) is 23.3. The molecule has 1 amide bonds. The van der Waals surface area contributed by atoms with E-state index < -0.39 is 0 Å². The largest absolute Gasteiger partial charge is 0.497 e. The molecule has 2 aromatic heterocycles. The molecule has 3 heterocycles.